The number of nitrogens with zero attached hydrogens (tertiary/aromatic N) is 1. The van der Waals surface area contributed by atoms with E-state index in [1.54, 1.807) is 0 Å². The van der Waals surface area contributed by atoms with Gasteiger partial charge in [-0.1, -0.05) is 61.6 Å². The van der Waals surface area contributed by atoms with E-state index in [-0.39, 0.29) is 0 Å². The molecule has 1 aliphatic carbocycles. The summed E-state index contributed by atoms with van der Waals surface area (Å²) in [5.41, 5.74) is 6.38. The Balaban J connectivity index is 0.000000277. The van der Waals surface area contributed by atoms with Gasteiger partial charge in [-0.25, -0.2) is 0 Å². The summed E-state index contributed by atoms with van der Waals surface area (Å²) < 4.78 is 0. The van der Waals surface area contributed by atoms with Crippen LogP contribution in [0.25, 0.3) is 5.57 Å². The maximum Gasteiger partial charge on any atom is 0.0671 e. The third-order valence-electron chi connectivity index (χ3n) is 3.99. The summed E-state index contributed by atoms with van der Waals surface area (Å²) in [7, 11) is 0. The van der Waals surface area contributed by atoms with Gasteiger partial charge >= 0.3 is 0 Å². The van der Waals surface area contributed by atoms with Crippen molar-refractivity contribution in [1.29, 1.82) is 0 Å². The van der Waals surface area contributed by atoms with Crippen LogP contribution in [0.4, 0.5) is 5.69 Å². The molecule has 1 heterocycles. The molecule has 3 rings (SSSR count). The quantitative estimate of drug-likeness (QED) is 0.556. The smallest absolute Gasteiger partial charge is 0.0671 e. The molecule has 1 aromatic rings. The number of rotatable bonds is 2. The highest BCUT2D eigenvalue weighted by Gasteiger charge is 2.13. The molecule has 1 nitrogen and oxygen atoms in total. The Morgan fingerprint density at radius 3 is 2.48 bits per heavy atom. The van der Waals surface area contributed by atoms with Crippen molar-refractivity contribution in [2.75, 3.05) is 0 Å². The van der Waals surface area contributed by atoms with Crippen LogP contribution in [0.2, 0.25) is 0 Å². The van der Waals surface area contributed by atoms with Crippen LogP contribution >= 0.6 is 0 Å². The Labute approximate surface area is 140 Å². The van der Waals surface area contributed by atoms with E-state index in [0.717, 1.165) is 18.5 Å². The number of allylic oxidation sites excluding steroid dienone is 8. The predicted octanol–water partition coefficient (Wildman–Crippen LogP) is 6.45. The van der Waals surface area contributed by atoms with Crippen molar-refractivity contribution < 1.29 is 0 Å². The van der Waals surface area contributed by atoms with Crippen LogP contribution in [0.1, 0.15) is 45.2 Å². The zero-order valence-electron chi connectivity index (χ0n) is 14.7. The van der Waals surface area contributed by atoms with Crippen LogP contribution in [-0.4, -0.2) is 5.71 Å². The van der Waals surface area contributed by atoms with Gasteiger partial charge in [0, 0.05) is 12.1 Å². The molecule has 23 heavy (non-hydrogen) atoms. The molecule has 1 heteroatoms. The summed E-state index contributed by atoms with van der Waals surface area (Å²) in [4.78, 5) is 4.59. The molecule has 0 fully saturated rings. The fourth-order valence-electron chi connectivity index (χ4n) is 2.68. The second kappa shape index (κ2) is 8.47. The van der Waals surface area contributed by atoms with Gasteiger partial charge in [0.05, 0.1) is 5.69 Å². The van der Waals surface area contributed by atoms with Gasteiger partial charge in [0.2, 0.25) is 0 Å². The molecule has 120 valence electrons. The summed E-state index contributed by atoms with van der Waals surface area (Å²) in [6, 6.07) is 6.66. The molecule has 0 spiro atoms. The molecule has 0 radical (unpaired) electrons. The lowest BCUT2D eigenvalue weighted by atomic mass is 9.93. The van der Waals surface area contributed by atoms with Gasteiger partial charge in [-0.2, -0.15) is 0 Å². The summed E-state index contributed by atoms with van der Waals surface area (Å²) in [5, 5.41) is 0. The molecular weight excluding hydrogens is 278 g/mol. The molecule has 1 atom stereocenters. The van der Waals surface area contributed by atoms with E-state index in [9.17, 15) is 0 Å². The third kappa shape index (κ3) is 4.92. The van der Waals surface area contributed by atoms with E-state index in [4.69, 9.17) is 0 Å². The maximum absolute atomic E-state index is 4.59. The second-order valence-corrected chi connectivity index (χ2v) is 6.15. The monoisotopic (exact) mass is 305 g/mol. The number of hydrogen-bond acceptors (Lipinski definition) is 1. The second-order valence-electron chi connectivity index (χ2n) is 6.15. The lowest BCUT2D eigenvalue weighted by Crippen LogP contribution is -1.94. The number of fused-ring (bicyclic) bond motifs is 1. The van der Waals surface area contributed by atoms with Crippen molar-refractivity contribution in [3.05, 3.63) is 71.9 Å². The summed E-state index contributed by atoms with van der Waals surface area (Å²) in [5.74, 6) is 0.674. The van der Waals surface area contributed by atoms with Crippen molar-refractivity contribution in [3.63, 3.8) is 0 Å². The highest BCUT2D eigenvalue weighted by Crippen LogP contribution is 2.32. The minimum Gasteiger partial charge on any atom is -0.257 e. The molecule has 0 saturated carbocycles. The van der Waals surface area contributed by atoms with Crippen LogP contribution in [0, 0.1) is 5.92 Å². The zero-order valence-corrected chi connectivity index (χ0v) is 14.7. The minimum atomic E-state index is 0.674. The highest BCUT2D eigenvalue weighted by atomic mass is 14.8. The average Bonchev–Trinajstić information content (AvgIpc) is 2.93. The Morgan fingerprint density at radius 1 is 1.13 bits per heavy atom. The lowest BCUT2D eigenvalue weighted by molar-refractivity contribution is 0.739. The van der Waals surface area contributed by atoms with Gasteiger partial charge in [0.1, 0.15) is 0 Å². The van der Waals surface area contributed by atoms with Gasteiger partial charge in [-0.15, -0.1) is 0 Å². The normalized spacial score (nSPS) is 19.4. The first-order valence-electron chi connectivity index (χ1n) is 8.43. The molecule has 0 bridgehead atoms. The summed E-state index contributed by atoms with van der Waals surface area (Å²) in [6.07, 6.45) is 17.0. The van der Waals surface area contributed by atoms with E-state index >= 15 is 0 Å². The fraction of sp³-hybridized carbons (Fsp3) is 0.318. The van der Waals surface area contributed by atoms with Crippen LogP contribution in [0.5, 0.6) is 0 Å². The van der Waals surface area contributed by atoms with Crippen molar-refractivity contribution in [1.82, 2.24) is 0 Å². The Hall–Kier alpha value is -2.15. The first-order valence-corrected chi connectivity index (χ1v) is 8.43. The molecule has 0 aromatic heterocycles. The SMILES string of the molecule is C/C=C\C=C/C.CC1=Nc2cc(C3=CCC(C)C=C3)ccc2C1. The van der Waals surface area contributed by atoms with Crippen LogP contribution < -0.4 is 0 Å². The van der Waals surface area contributed by atoms with Crippen molar-refractivity contribution >= 4 is 17.0 Å². The van der Waals surface area contributed by atoms with Crippen LogP contribution in [0.3, 0.4) is 0 Å². The number of benzene rings is 1. The standard InChI is InChI=1S/C16H17N.C6H10/c1-11-3-5-13(6-4-11)14-7-8-15-9-12(2)17-16(15)10-14;1-3-5-6-4-2/h3,5-8,10-11H,4,9H2,1-2H3;3-6H,1-2H3/b;5-3-,6-4-. The van der Waals surface area contributed by atoms with E-state index in [1.807, 2.05) is 38.2 Å². The molecule has 0 amide bonds. The fourth-order valence-corrected chi connectivity index (χ4v) is 2.68. The highest BCUT2D eigenvalue weighted by molar-refractivity contribution is 5.93. The van der Waals surface area contributed by atoms with Gasteiger partial charge in [-0.05, 0) is 55.9 Å². The molecule has 1 unspecified atom stereocenters. The Morgan fingerprint density at radius 2 is 1.87 bits per heavy atom. The molecule has 0 N–H and O–H groups in total. The molecule has 1 aromatic carbocycles. The first kappa shape index (κ1) is 17.2. The van der Waals surface area contributed by atoms with Crippen LogP contribution in [0.15, 0.2) is 65.7 Å². The van der Waals surface area contributed by atoms with Gasteiger partial charge in [0.15, 0.2) is 0 Å². The predicted molar refractivity (Wildman–Crippen MR) is 103 cm³/mol. The van der Waals surface area contributed by atoms with Gasteiger partial charge < -0.3 is 0 Å². The first-order chi connectivity index (χ1) is 11.1. The summed E-state index contributed by atoms with van der Waals surface area (Å²) in [6.45, 7) is 8.35. The minimum absolute atomic E-state index is 0.674. The summed E-state index contributed by atoms with van der Waals surface area (Å²) >= 11 is 0. The maximum atomic E-state index is 4.59. The van der Waals surface area contributed by atoms with E-state index in [2.05, 4.69) is 55.3 Å². The number of aliphatic imine (C=N–C) groups is 1. The molecule has 1 aliphatic heterocycles. The lowest BCUT2D eigenvalue weighted by Gasteiger charge is -2.12. The Bertz CT molecular complexity index is 674. The molecule has 2 aliphatic rings. The van der Waals surface area contributed by atoms with Crippen molar-refractivity contribution in [3.8, 4) is 0 Å². The van der Waals surface area contributed by atoms with E-state index in [0.29, 0.717) is 5.92 Å². The third-order valence-corrected chi connectivity index (χ3v) is 3.99. The average molecular weight is 305 g/mol. The molecular formula is C22H27N. The topological polar surface area (TPSA) is 12.4 Å². The van der Waals surface area contributed by atoms with Crippen LogP contribution in [-0.2, 0) is 6.42 Å². The van der Waals surface area contributed by atoms with Crippen molar-refractivity contribution in [2.45, 2.75) is 40.5 Å². The van der Waals surface area contributed by atoms with Crippen molar-refractivity contribution in [2.24, 2.45) is 10.9 Å². The zero-order chi connectivity index (χ0) is 16.7. The van der Waals surface area contributed by atoms with E-state index in [1.165, 1.54) is 22.4 Å². The Kier molecular flexibility index (Phi) is 6.34. The largest absolute Gasteiger partial charge is 0.257 e. The van der Waals surface area contributed by atoms with Gasteiger partial charge in [0.25, 0.3) is 0 Å². The van der Waals surface area contributed by atoms with Gasteiger partial charge in [-0.3, -0.25) is 4.99 Å². The molecule has 0 saturated heterocycles. The number of hydrogen-bond donors (Lipinski definition) is 0. The van der Waals surface area contributed by atoms with E-state index < -0.39 is 0 Å².